The molecule has 1 unspecified atom stereocenters. The standard InChI is InChI=1S/C16H20N2O5S/c17-14-1-3-16(4-2-14)23-12-15(19)11-18-8-5-13(6-9-18)7-10-24(20,21)22/h1-6,8-9,15,19H,7,10-12,17H2/p+1. The van der Waals surface area contributed by atoms with Crippen molar-refractivity contribution in [1.82, 2.24) is 0 Å². The Kier molecular flexibility index (Phi) is 6.13. The molecule has 24 heavy (non-hydrogen) atoms. The lowest BCUT2D eigenvalue weighted by atomic mass is 10.2. The average Bonchev–Trinajstić information content (AvgIpc) is 2.53. The molecule has 0 saturated heterocycles. The third-order valence-corrected chi connectivity index (χ3v) is 4.07. The Bertz CT molecular complexity index is 745. The molecule has 130 valence electrons. The minimum atomic E-state index is -3.96. The summed E-state index contributed by atoms with van der Waals surface area (Å²) in [7, 11) is -3.96. The summed E-state index contributed by atoms with van der Waals surface area (Å²) in [6.07, 6.45) is 3.02. The van der Waals surface area contributed by atoms with Crippen molar-refractivity contribution in [3.05, 3.63) is 54.4 Å². The van der Waals surface area contributed by atoms with Gasteiger partial charge in [-0.25, -0.2) is 4.57 Å². The number of anilines is 1. The molecule has 8 heteroatoms. The molecule has 0 bridgehead atoms. The summed E-state index contributed by atoms with van der Waals surface area (Å²) >= 11 is 0. The number of ether oxygens (including phenoxy) is 1. The summed E-state index contributed by atoms with van der Waals surface area (Å²) in [4.78, 5) is 0. The quantitative estimate of drug-likeness (QED) is 0.360. The van der Waals surface area contributed by atoms with E-state index in [2.05, 4.69) is 0 Å². The molecule has 1 aromatic carbocycles. The molecule has 0 aliphatic heterocycles. The van der Waals surface area contributed by atoms with Crippen LogP contribution >= 0.6 is 0 Å². The van der Waals surface area contributed by atoms with E-state index in [1.807, 2.05) is 0 Å². The van der Waals surface area contributed by atoms with Crippen LogP contribution in [0.1, 0.15) is 5.56 Å². The highest BCUT2D eigenvalue weighted by Gasteiger charge is 2.12. The van der Waals surface area contributed by atoms with E-state index in [-0.39, 0.29) is 18.8 Å². The number of benzene rings is 1. The number of aliphatic hydroxyl groups is 1. The number of pyridine rings is 1. The van der Waals surface area contributed by atoms with E-state index in [0.717, 1.165) is 5.56 Å². The Morgan fingerprint density at radius 3 is 2.33 bits per heavy atom. The highest BCUT2D eigenvalue weighted by molar-refractivity contribution is 7.85. The van der Waals surface area contributed by atoms with Gasteiger partial charge in [0.05, 0.1) is 5.75 Å². The molecular weight excluding hydrogens is 332 g/mol. The van der Waals surface area contributed by atoms with Gasteiger partial charge in [-0.15, -0.1) is 0 Å². The first-order valence-electron chi connectivity index (χ1n) is 7.41. The third-order valence-electron chi connectivity index (χ3n) is 3.35. The van der Waals surface area contributed by atoms with Crippen LogP contribution in [0.15, 0.2) is 48.8 Å². The molecule has 0 saturated carbocycles. The Hall–Kier alpha value is -2.16. The van der Waals surface area contributed by atoms with Crippen LogP contribution in [0.4, 0.5) is 5.69 Å². The van der Waals surface area contributed by atoms with Crippen LogP contribution in [0.2, 0.25) is 0 Å². The topological polar surface area (TPSA) is 114 Å². The third kappa shape index (κ3) is 6.53. The van der Waals surface area contributed by atoms with E-state index >= 15 is 0 Å². The highest BCUT2D eigenvalue weighted by Crippen LogP contribution is 2.13. The highest BCUT2D eigenvalue weighted by atomic mass is 32.2. The summed E-state index contributed by atoms with van der Waals surface area (Å²) in [6, 6.07) is 10.4. The van der Waals surface area contributed by atoms with Gasteiger partial charge in [-0.3, -0.25) is 4.55 Å². The summed E-state index contributed by atoms with van der Waals surface area (Å²) in [5, 5.41) is 10.0. The van der Waals surface area contributed by atoms with E-state index in [9.17, 15) is 13.5 Å². The molecule has 2 rings (SSSR count). The number of aromatic nitrogens is 1. The monoisotopic (exact) mass is 353 g/mol. The lowest BCUT2D eigenvalue weighted by molar-refractivity contribution is -0.703. The van der Waals surface area contributed by atoms with Gasteiger partial charge in [0.15, 0.2) is 18.9 Å². The number of aliphatic hydroxyl groups excluding tert-OH is 1. The van der Waals surface area contributed by atoms with Gasteiger partial charge >= 0.3 is 0 Å². The van der Waals surface area contributed by atoms with Gasteiger partial charge in [-0.05, 0) is 36.2 Å². The number of nitrogen functional groups attached to an aromatic ring is 1. The molecule has 0 radical (unpaired) electrons. The van der Waals surface area contributed by atoms with E-state index < -0.39 is 16.2 Å². The summed E-state index contributed by atoms with van der Waals surface area (Å²) < 4.78 is 37.4. The summed E-state index contributed by atoms with van der Waals surface area (Å²) in [6.45, 7) is 0.481. The number of hydrogen-bond acceptors (Lipinski definition) is 5. The Morgan fingerprint density at radius 2 is 1.75 bits per heavy atom. The lowest BCUT2D eigenvalue weighted by Gasteiger charge is -2.10. The molecule has 0 aliphatic carbocycles. The number of aryl methyl sites for hydroxylation is 1. The van der Waals surface area contributed by atoms with Gasteiger partial charge in [0, 0.05) is 17.8 Å². The minimum Gasteiger partial charge on any atom is -0.491 e. The maximum atomic E-state index is 10.7. The van der Waals surface area contributed by atoms with Crippen molar-refractivity contribution < 1.29 is 27.4 Å². The first kappa shape index (κ1) is 18.2. The molecule has 0 spiro atoms. The van der Waals surface area contributed by atoms with Crippen LogP contribution in [0.5, 0.6) is 5.75 Å². The fourth-order valence-corrected chi connectivity index (χ4v) is 2.57. The SMILES string of the molecule is Nc1ccc(OCC(O)C[n+]2ccc(CCS(=O)(=O)O)cc2)cc1. The molecule has 0 amide bonds. The van der Waals surface area contributed by atoms with Gasteiger partial charge in [0.1, 0.15) is 18.5 Å². The summed E-state index contributed by atoms with van der Waals surface area (Å²) in [5.74, 6) is 0.323. The lowest BCUT2D eigenvalue weighted by Crippen LogP contribution is -2.41. The van der Waals surface area contributed by atoms with Crippen molar-refractivity contribution in [3.8, 4) is 5.75 Å². The van der Waals surface area contributed by atoms with Crippen molar-refractivity contribution in [2.75, 3.05) is 18.1 Å². The fourth-order valence-electron chi connectivity index (χ4n) is 2.08. The molecule has 7 nitrogen and oxygen atoms in total. The van der Waals surface area contributed by atoms with Crippen LogP contribution in [-0.4, -0.2) is 36.5 Å². The maximum Gasteiger partial charge on any atom is 0.265 e. The van der Waals surface area contributed by atoms with Gasteiger partial charge in [0.2, 0.25) is 0 Å². The molecule has 0 fully saturated rings. The predicted octanol–water partition coefficient (Wildman–Crippen LogP) is 0.427. The van der Waals surface area contributed by atoms with Crippen molar-refractivity contribution >= 4 is 15.8 Å². The second-order valence-electron chi connectivity index (χ2n) is 5.47. The van der Waals surface area contributed by atoms with Gasteiger partial charge in [-0.2, -0.15) is 8.42 Å². The zero-order valence-corrected chi connectivity index (χ0v) is 13.9. The number of rotatable bonds is 8. The largest absolute Gasteiger partial charge is 0.491 e. The smallest absolute Gasteiger partial charge is 0.265 e. The minimum absolute atomic E-state index is 0.140. The first-order valence-corrected chi connectivity index (χ1v) is 9.02. The maximum absolute atomic E-state index is 10.7. The van der Waals surface area contributed by atoms with E-state index in [4.69, 9.17) is 15.0 Å². The van der Waals surface area contributed by atoms with Crippen molar-refractivity contribution in [3.63, 3.8) is 0 Å². The van der Waals surface area contributed by atoms with Crippen LogP contribution in [0, 0.1) is 0 Å². The van der Waals surface area contributed by atoms with E-state index in [1.54, 1.807) is 53.4 Å². The Balaban J connectivity index is 1.81. The molecular formula is C16H21N2O5S+. The first-order chi connectivity index (χ1) is 11.3. The van der Waals surface area contributed by atoms with Gasteiger partial charge in [-0.1, -0.05) is 0 Å². The zero-order chi connectivity index (χ0) is 17.6. The fraction of sp³-hybridized carbons (Fsp3) is 0.312. The second-order valence-corrected chi connectivity index (χ2v) is 7.05. The van der Waals surface area contributed by atoms with Crippen molar-refractivity contribution in [2.24, 2.45) is 0 Å². The number of nitrogens with two attached hydrogens (primary N) is 1. The number of nitrogens with zero attached hydrogens (tertiary/aromatic N) is 1. The Morgan fingerprint density at radius 1 is 1.12 bits per heavy atom. The molecule has 1 heterocycles. The van der Waals surface area contributed by atoms with Crippen LogP contribution in [-0.2, 0) is 23.1 Å². The van der Waals surface area contributed by atoms with Crippen LogP contribution < -0.4 is 15.0 Å². The molecule has 1 aromatic heterocycles. The van der Waals surface area contributed by atoms with Crippen molar-refractivity contribution in [1.29, 1.82) is 0 Å². The van der Waals surface area contributed by atoms with Crippen LogP contribution in [0.3, 0.4) is 0 Å². The molecule has 4 N–H and O–H groups in total. The van der Waals surface area contributed by atoms with Gasteiger partial charge in [0.25, 0.3) is 10.1 Å². The number of hydrogen-bond donors (Lipinski definition) is 3. The van der Waals surface area contributed by atoms with Gasteiger partial charge < -0.3 is 15.6 Å². The van der Waals surface area contributed by atoms with E-state index in [0.29, 0.717) is 18.0 Å². The van der Waals surface area contributed by atoms with E-state index in [1.165, 1.54) is 0 Å². The molecule has 1 atom stereocenters. The average molecular weight is 353 g/mol. The molecule has 0 aliphatic rings. The second kappa shape index (κ2) is 8.09. The summed E-state index contributed by atoms with van der Waals surface area (Å²) in [5.41, 5.74) is 7.02. The Labute approximate surface area is 141 Å². The predicted molar refractivity (Wildman–Crippen MR) is 89.1 cm³/mol. The van der Waals surface area contributed by atoms with Crippen molar-refractivity contribution in [2.45, 2.75) is 19.1 Å². The normalized spacial score (nSPS) is 12.8. The van der Waals surface area contributed by atoms with Crippen LogP contribution in [0.25, 0.3) is 0 Å². The zero-order valence-electron chi connectivity index (χ0n) is 13.1. The molecule has 2 aromatic rings.